The van der Waals surface area contributed by atoms with Crippen molar-refractivity contribution >= 4 is 34.1 Å². The van der Waals surface area contributed by atoms with Crippen LogP contribution < -0.4 is 0 Å². The molecule has 0 aliphatic carbocycles. The van der Waals surface area contributed by atoms with Crippen LogP contribution in [0.1, 0.15) is 5.69 Å². The number of benzene rings is 2. The predicted octanol–water partition coefficient (Wildman–Crippen LogP) is 4.73. The third kappa shape index (κ3) is 2.01. The van der Waals surface area contributed by atoms with E-state index in [1.165, 1.54) is 0 Å². The van der Waals surface area contributed by atoms with Crippen molar-refractivity contribution in [2.75, 3.05) is 0 Å². The lowest BCUT2D eigenvalue weighted by Crippen LogP contribution is -1.91. The largest absolute Gasteiger partial charge is 0.271 e. The molecule has 0 spiro atoms. The molecule has 0 atom stereocenters. The van der Waals surface area contributed by atoms with Gasteiger partial charge in [0.1, 0.15) is 5.52 Å². The Kier molecular flexibility index (Phi) is 3.00. The minimum absolute atomic E-state index is 0.622. The first-order valence-corrected chi connectivity index (χ1v) is 6.56. The van der Waals surface area contributed by atoms with Crippen molar-refractivity contribution in [3.63, 3.8) is 0 Å². The topological polar surface area (TPSA) is 17.8 Å². The van der Waals surface area contributed by atoms with Crippen molar-refractivity contribution in [2.24, 2.45) is 7.05 Å². The van der Waals surface area contributed by atoms with Crippen LogP contribution in [0.3, 0.4) is 0 Å². The predicted molar refractivity (Wildman–Crippen MR) is 80.6 cm³/mol. The maximum absolute atomic E-state index is 6.28. The second-order valence-electron chi connectivity index (χ2n) is 4.40. The number of nitrogens with zero attached hydrogens (tertiary/aromatic N) is 2. The van der Waals surface area contributed by atoms with Gasteiger partial charge in [0.2, 0.25) is 0 Å². The molecule has 0 bridgehead atoms. The van der Waals surface area contributed by atoms with E-state index in [0.29, 0.717) is 10.0 Å². The summed E-state index contributed by atoms with van der Waals surface area (Å²) in [5.74, 6) is 0. The lowest BCUT2D eigenvalue weighted by Gasteiger charge is -2.05. The maximum atomic E-state index is 6.28. The summed E-state index contributed by atoms with van der Waals surface area (Å²) in [5, 5.41) is 6.79. The van der Waals surface area contributed by atoms with Crippen molar-refractivity contribution in [1.82, 2.24) is 9.78 Å². The number of rotatable bonds is 1. The molecular formula is C15H11Cl2N2. The molecule has 3 rings (SSSR count). The van der Waals surface area contributed by atoms with Crippen molar-refractivity contribution in [1.29, 1.82) is 0 Å². The molecule has 0 aliphatic rings. The Bertz CT molecular complexity index is 775. The Hall–Kier alpha value is -1.51. The van der Waals surface area contributed by atoms with Gasteiger partial charge in [-0.1, -0.05) is 47.5 Å². The van der Waals surface area contributed by atoms with Gasteiger partial charge >= 0.3 is 0 Å². The Balaban J connectivity index is 2.33. The molecule has 0 N–H and O–H groups in total. The van der Waals surface area contributed by atoms with Crippen molar-refractivity contribution in [2.45, 2.75) is 0 Å². The van der Waals surface area contributed by atoms with E-state index < -0.39 is 0 Å². The molecule has 4 heteroatoms. The van der Waals surface area contributed by atoms with E-state index >= 15 is 0 Å². The van der Waals surface area contributed by atoms with Gasteiger partial charge in [0.05, 0.1) is 0 Å². The fourth-order valence-corrected chi connectivity index (χ4v) is 2.70. The highest BCUT2D eigenvalue weighted by atomic mass is 35.5. The summed E-state index contributed by atoms with van der Waals surface area (Å²) in [5.41, 5.74) is 3.71. The Labute approximate surface area is 121 Å². The van der Waals surface area contributed by atoms with Gasteiger partial charge in [-0.2, -0.15) is 5.10 Å². The van der Waals surface area contributed by atoms with E-state index in [4.69, 9.17) is 23.2 Å². The molecule has 2 nitrogen and oxygen atoms in total. The molecule has 1 heterocycles. The molecule has 1 aromatic heterocycles. The van der Waals surface area contributed by atoms with Gasteiger partial charge in [-0.25, -0.2) is 0 Å². The Morgan fingerprint density at radius 2 is 1.89 bits per heavy atom. The van der Waals surface area contributed by atoms with E-state index in [2.05, 4.69) is 12.0 Å². The van der Waals surface area contributed by atoms with Gasteiger partial charge in [0.15, 0.2) is 0 Å². The summed E-state index contributed by atoms with van der Waals surface area (Å²) in [7, 11) is 1.88. The summed E-state index contributed by atoms with van der Waals surface area (Å²) in [6, 6.07) is 11.5. The second-order valence-corrected chi connectivity index (χ2v) is 5.24. The number of aromatic nitrogens is 2. The molecule has 0 amide bonds. The molecule has 0 saturated heterocycles. The molecule has 19 heavy (non-hydrogen) atoms. The van der Waals surface area contributed by atoms with Crippen LogP contribution in [0.25, 0.3) is 22.0 Å². The highest BCUT2D eigenvalue weighted by Crippen LogP contribution is 2.35. The van der Waals surface area contributed by atoms with Gasteiger partial charge in [-0.05, 0) is 19.1 Å². The lowest BCUT2D eigenvalue weighted by molar-refractivity contribution is 0.764. The number of hydrogen-bond donors (Lipinski definition) is 0. The van der Waals surface area contributed by atoms with E-state index in [0.717, 1.165) is 27.7 Å². The summed E-state index contributed by atoms with van der Waals surface area (Å²) >= 11 is 12.2. The summed E-state index contributed by atoms with van der Waals surface area (Å²) < 4.78 is 1.78. The van der Waals surface area contributed by atoms with Crippen LogP contribution in [0.5, 0.6) is 0 Å². The summed E-state index contributed by atoms with van der Waals surface area (Å²) in [6.07, 6.45) is 0. The smallest absolute Gasteiger partial charge is 0.100 e. The highest BCUT2D eigenvalue weighted by Gasteiger charge is 2.12. The SMILES string of the molecule is [CH2]c1c2cccc(-c3ccc(Cl)cc3Cl)c2nn1C. The van der Waals surface area contributed by atoms with Gasteiger partial charge < -0.3 is 0 Å². The van der Waals surface area contributed by atoms with E-state index in [-0.39, 0.29) is 0 Å². The molecule has 95 valence electrons. The number of halogens is 2. The fourth-order valence-electron chi connectivity index (χ4n) is 2.19. The Morgan fingerprint density at radius 3 is 2.63 bits per heavy atom. The first-order chi connectivity index (χ1) is 9.08. The first kappa shape index (κ1) is 12.5. The van der Waals surface area contributed by atoms with E-state index in [1.54, 1.807) is 10.7 Å². The van der Waals surface area contributed by atoms with Gasteiger partial charge in [0, 0.05) is 39.3 Å². The molecule has 3 aromatic rings. The van der Waals surface area contributed by atoms with Gasteiger partial charge in [-0.3, -0.25) is 4.68 Å². The first-order valence-electron chi connectivity index (χ1n) is 5.81. The average molecular weight is 290 g/mol. The zero-order chi connectivity index (χ0) is 13.6. The number of fused-ring (bicyclic) bond motifs is 1. The van der Waals surface area contributed by atoms with E-state index in [9.17, 15) is 0 Å². The lowest BCUT2D eigenvalue weighted by atomic mass is 10.0. The minimum Gasteiger partial charge on any atom is -0.271 e. The van der Waals surface area contributed by atoms with E-state index in [1.807, 2.05) is 37.4 Å². The standard InChI is InChI=1S/C15H11Cl2N2/c1-9-11-4-3-5-13(15(11)18-19(9)2)12-7-6-10(16)8-14(12)17/h3-8H,1H2,2H3. The zero-order valence-electron chi connectivity index (χ0n) is 10.3. The van der Waals surface area contributed by atoms with Gasteiger partial charge in [-0.15, -0.1) is 0 Å². The molecule has 2 aromatic carbocycles. The van der Waals surface area contributed by atoms with Gasteiger partial charge in [0.25, 0.3) is 0 Å². The second kappa shape index (κ2) is 4.55. The molecule has 1 radical (unpaired) electrons. The molecule has 0 fully saturated rings. The Morgan fingerprint density at radius 1 is 1.11 bits per heavy atom. The van der Waals surface area contributed by atoms with Crippen LogP contribution in [0, 0.1) is 6.92 Å². The third-order valence-corrected chi connectivity index (χ3v) is 3.76. The van der Waals surface area contributed by atoms with Crippen LogP contribution >= 0.6 is 23.2 Å². The summed E-state index contributed by atoms with van der Waals surface area (Å²) in [4.78, 5) is 0. The molecular weight excluding hydrogens is 279 g/mol. The van der Waals surface area contributed by atoms with Crippen LogP contribution in [0.4, 0.5) is 0 Å². The molecule has 0 unspecified atom stereocenters. The van der Waals surface area contributed by atoms with Crippen molar-refractivity contribution in [3.8, 4) is 11.1 Å². The maximum Gasteiger partial charge on any atom is 0.100 e. The van der Waals surface area contributed by atoms with Crippen LogP contribution in [-0.4, -0.2) is 9.78 Å². The van der Waals surface area contributed by atoms with Crippen molar-refractivity contribution < 1.29 is 0 Å². The minimum atomic E-state index is 0.622. The summed E-state index contributed by atoms with van der Waals surface area (Å²) in [6.45, 7) is 4.03. The third-order valence-electron chi connectivity index (χ3n) is 3.21. The van der Waals surface area contributed by atoms with Crippen LogP contribution in [-0.2, 0) is 7.05 Å². The number of hydrogen-bond acceptors (Lipinski definition) is 1. The number of aryl methyl sites for hydroxylation is 1. The van der Waals surface area contributed by atoms with Crippen molar-refractivity contribution in [3.05, 3.63) is 59.1 Å². The average Bonchev–Trinajstić information content (AvgIpc) is 2.66. The highest BCUT2D eigenvalue weighted by molar-refractivity contribution is 6.36. The fraction of sp³-hybridized carbons (Fsp3) is 0.0667. The quantitative estimate of drug-likeness (QED) is 0.633. The normalized spacial score (nSPS) is 11.2. The molecule has 0 aliphatic heterocycles. The zero-order valence-corrected chi connectivity index (χ0v) is 11.8. The van der Waals surface area contributed by atoms with Crippen LogP contribution in [0.15, 0.2) is 36.4 Å². The molecule has 0 saturated carbocycles. The monoisotopic (exact) mass is 289 g/mol. The van der Waals surface area contributed by atoms with Crippen LogP contribution in [0.2, 0.25) is 10.0 Å².